The second kappa shape index (κ2) is 8.23. The lowest BCUT2D eigenvalue weighted by molar-refractivity contribution is -0.917. The molecule has 1 atom stereocenters. The van der Waals surface area contributed by atoms with Crippen molar-refractivity contribution in [3.63, 3.8) is 0 Å². The number of rotatable bonds is 8. The Morgan fingerprint density at radius 1 is 1.15 bits per heavy atom. The minimum Gasteiger partial charge on any atom is -0.435 e. The van der Waals surface area contributed by atoms with Crippen molar-refractivity contribution in [1.82, 2.24) is 0 Å². The molecule has 0 bridgehead atoms. The van der Waals surface area contributed by atoms with Crippen LogP contribution in [-0.2, 0) is 11.3 Å². The fourth-order valence-electron chi connectivity index (χ4n) is 2.86. The number of amides is 1. The number of nitrogens with one attached hydrogen (secondary N) is 2. The van der Waals surface area contributed by atoms with Crippen molar-refractivity contribution in [2.24, 2.45) is 0 Å². The number of carbonyl (C=O) groups is 1. The number of ether oxygens (including phenoxy) is 1. The number of benzene rings is 2. The molecule has 1 aliphatic rings. The third kappa shape index (κ3) is 5.23. The molecule has 1 aliphatic carbocycles. The predicted octanol–water partition coefficient (Wildman–Crippen LogP) is 2.61. The van der Waals surface area contributed by atoms with Crippen molar-refractivity contribution in [3.8, 4) is 5.75 Å². The lowest BCUT2D eigenvalue weighted by atomic mass is 10.2. The van der Waals surface area contributed by atoms with Crippen LogP contribution in [0.3, 0.4) is 0 Å². The summed E-state index contributed by atoms with van der Waals surface area (Å²) in [5, 5.41) is 2.74. The quantitative estimate of drug-likeness (QED) is 0.755. The van der Waals surface area contributed by atoms with Crippen molar-refractivity contribution in [1.29, 1.82) is 0 Å². The third-order valence-electron chi connectivity index (χ3n) is 4.28. The molecule has 3 rings (SSSR count). The van der Waals surface area contributed by atoms with Crippen LogP contribution in [0.25, 0.3) is 0 Å². The third-order valence-corrected chi connectivity index (χ3v) is 4.28. The zero-order chi connectivity index (χ0) is 18.5. The highest BCUT2D eigenvalue weighted by atomic mass is 19.3. The SMILES string of the molecule is O=C(C[NH+](Cc1ccccc1F)C1CC1)Nc1ccc(OC(F)F)cc1. The number of hydrogen-bond donors (Lipinski definition) is 2. The Morgan fingerprint density at radius 3 is 2.46 bits per heavy atom. The van der Waals surface area contributed by atoms with Gasteiger partial charge in [-0.25, -0.2) is 4.39 Å². The van der Waals surface area contributed by atoms with E-state index in [0.29, 0.717) is 23.8 Å². The van der Waals surface area contributed by atoms with Gasteiger partial charge in [0, 0.05) is 24.1 Å². The van der Waals surface area contributed by atoms with Gasteiger partial charge in [-0.3, -0.25) is 4.79 Å². The lowest BCUT2D eigenvalue weighted by Crippen LogP contribution is -3.13. The molecule has 1 unspecified atom stereocenters. The Bertz CT molecular complexity index is 749. The summed E-state index contributed by atoms with van der Waals surface area (Å²) in [6.45, 7) is -2.22. The minimum absolute atomic E-state index is 0.0304. The molecule has 1 saturated carbocycles. The average Bonchev–Trinajstić information content (AvgIpc) is 3.42. The van der Waals surface area contributed by atoms with Crippen molar-refractivity contribution in [2.45, 2.75) is 32.0 Å². The first-order chi connectivity index (χ1) is 12.5. The van der Waals surface area contributed by atoms with Gasteiger partial charge in [-0.15, -0.1) is 0 Å². The van der Waals surface area contributed by atoms with Crippen LogP contribution in [-0.4, -0.2) is 25.1 Å². The summed E-state index contributed by atoms with van der Waals surface area (Å²) >= 11 is 0. The maximum absolute atomic E-state index is 13.9. The Kier molecular flexibility index (Phi) is 5.78. The standard InChI is InChI=1S/C19H19F3N2O2/c20-17-4-2-1-3-13(17)11-24(15-7-8-15)12-18(25)23-14-5-9-16(10-6-14)26-19(21)22/h1-6,9-10,15,19H,7-8,11-12H2,(H,23,25)/p+1. The van der Waals surface area contributed by atoms with E-state index in [4.69, 9.17) is 0 Å². The molecule has 1 fully saturated rings. The first-order valence-electron chi connectivity index (χ1n) is 8.44. The van der Waals surface area contributed by atoms with E-state index in [0.717, 1.165) is 17.7 Å². The summed E-state index contributed by atoms with van der Waals surface area (Å²) in [7, 11) is 0. The molecule has 0 aliphatic heterocycles. The summed E-state index contributed by atoms with van der Waals surface area (Å²) in [5.41, 5.74) is 1.09. The van der Waals surface area contributed by atoms with E-state index >= 15 is 0 Å². The van der Waals surface area contributed by atoms with Crippen LogP contribution in [0, 0.1) is 5.82 Å². The normalized spacial score (nSPS) is 14.9. The average molecular weight is 365 g/mol. The van der Waals surface area contributed by atoms with Crippen LogP contribution in [0.1, 0.15) is 18.4 Å². The topological polar surface area (TPSA) is 42.8 Å². The fraction of sp³-hybridized carbons (Fsp3) is 0.316. The summed E-state index contributed by atoms with van der Waals surface area (Å²) in [4.78, 5) is 13.3. The molecule has 26 heavy (non-hydrogen) atoms. The number of halogens is 3. The molecular weight excluding hydrogens is 345 g/mol. The Morgan fingerprint density at radius 2 is 1.85 bits per heavy atom. The van der Waals surface area contributed by atoms with Crippen molar-refractivity contribution in [3.05, 3.63) is 59.9 Å². The van der Waals surface area contributed by atoms with Gasteiger partial charge in [0.1, 0.15) is 18.1 Å². The van der Waals surface area contributed by atoms with E-state index in [-0.39, 0.29) is 24.0 Å². The van der Waals surface area contributed by atoms with E-state index in [1.165, 1.54) is 30.3 Å². The largest absolute Gasteiger partial charge is 0.435 e. The molecule has 0 spiro atoms. The second-order valence-corrected chi connectivity index (χ2v) is 6.33. The molecule has 0 aromatic heterocycles. The molecule has 0 heterocycles. The van der Waals surface area contributed by atoms with Crippen LogP contribution < -0.4 is 15.0 Å². The Balaban J connectivity index is 1.57. The lowest BCUT2D eigenvalue weighted by Gasteiger charge is -2.19. The van der Waals surface area contributed by atoms with Crippen LogP contribution in [0.4, 0.5) is 18.9 Å². The number of carbonyl (C=O) groups excluding carboxylic acids is 1. The Hall–Kier alpha value is -2.54. The highest BCUT2D eigenvalue weighted by Crippen LogP contribution is 2.18. The maximum Gasteiger partial charge on any atom is 0.387 e. The number of anilines is 1. The van der Waals surface area contributed by atoms with Crippen LogP contribution in [0.2, 0.25) is 0 Å². The Labute approximate surface area is 149 Å². The molecular formula is C19H20F3N2O2+. The van der Waals surface area contributed by atoms with Gasteiger partial charge in [0.15, 0.2) is 6.54 Å². The molecule has 7 heteroatoms. The van der Waals surface area contributed by atoms with E-state index < -0.39 is 6.61 Å². The smallest absolute Gasteiger partial charge is 0.387 e. The molecule has 2 N–H and O–H groups in total. The van der Waals surface area contributed by atoms with Crippen molar-refractivity contribution >= 4 is 11.6 Å². The zero-order valence-electron chi connectivity index (χ0n) is 14.1. The van der Waals surface area contributed by atoms with Crippen molar-refractivity contribution < 1.29 is 27.6 Å². The van der Waals surface area contributed by atoms with Crippen LogP contribution in [0.15, 0.2) is 48.5 Å². The van der Waals surface area contributed by atoms with Gasteiger partial charge in [-0.2, -0.15) is 8.78 Å². The summed E-state index contributed by atoms with van der Waals surface area (Å²) in [6, 6.07) is 12.7. The van der Waals surface area contributed by atoms with Gasteiger partial charge in [0.2, 0.25) is 0 Å². The van der Waals surface area contributed by atoms with Gasteiger partial charge >= 0.3 is 6.61 Å². The highest BCUT2D eigenvalue weighted by molar-refractivity contribution is 5.91. The van der Waals surface area contributed by atoms with Crippen LogP contribution >= 0.6 is 0 Å². The van der Waals surface area contributed by atoms with Crippen molar-refractivity contribution in [2.75, 3.05) is 11.9 Å². The fourth-order valence-corrected chi connectivity index (χ4v) is 2.86. The summed E-state index contributed by atoms with van der Waals surface area (Å²) in [5.74, 6) is -0.436. The number of quaternary nitrogens is 1. The molecule has 2 aromatic rings. The van der Waals surface area contributed by atoms with E-state index in [1.807, 2.05) is 0 Å². The van der Waals surface area contributed by atoms with E-state index in [2.05, 4.69) is 10.1 Å². The maximum atomic E-state index is 13.9. The van der Waals surface area contributed by atoms with Gasteiger partial charge in [-0.1, -0.05) is 18.2 Å². The molecule has 0 saturated heterocycles. The van der Waals surface area contributed by atoms with Gasteiger partial charge < -0.3 is 15.0 Å². The van der Waals surface area contributed by atoms with Gasteiger partial charge in [-0.05, 0) is 30.3 Å². The summed E-state index contributed by atoms with van der Waals surface area (Å²) < 4.78 is 42.4. The zero-order valence-corrected chi connectivity index (χ0v) is 14.1. The molecule has 0 radical (unpaired) electrons. The number of hydrogen-bond acceptors (Lipinski definition) is 2. The second-order valence-electron chi connectivity index (χ2n) is 6.33. The van der Waals surface area contributed by atoms with Crippen LogP contribution in [0.5, 0.6) is 5.75 Å². The number of alkyl halides is 2. The first kappa shape index (κ1) is 18.3. The minimum atomic E-state index is -2.88. The monoisotopic (exact) mass is 365 g/mol. The summed E-state index contributed by atoms with van der Waals surface area (Å²) in [6.07, 6.45) is 2.05. The van der Waals surface area contributed by atoms with E-state index in [9.17, 15) is 18.0 Å². The molecule has 4 nitrogen and oxygen atoms in total. The molecule has 138 valence electrons. The predicted molar refractivity (Wildman–Crippen MR) is 90.7 cm³/mol. The molecule has 2 aromatic carbocycles. The van der Waals surface area contributed by atoms with Gasteiger partial charge in [0.05, 0.1) is 6.04 Å². The first-order valence-corrected chi connectivity index (χ1v) is 8.44. The van der Waals surface area contributed by atoms with Gasteiger partial charge in [0.25, 0.3) is 5.91 Å². The molecule has 1 amide bonds. The highest BCUT2D eigenvalue weighted by Gasteiger charge is 2.35. The van der Waals surface area contributed by atoms with E-state index in [1.54, 1.807) is 18.2 Å².